The summed E-state index contributed by atoms with van der Waals surface area (Å²) in [6.07, 6.45) is 2.02. The van der Waals surface area contributed by atoms with Crippen LogP contribution in [0, 0.1) is 5.92 Å². The Morgan fingerprint density at radius 1 is 1.20 bits per heavy atom. The summed E-state index contributed by atoms with van der Waals surface area (Å²) in [7, 11) is 0. The van der Waals surface area contributed by atoms with Gasteiger partial charge >= 0.3 is 0 Å². The minimum Gasteiger partial charge on any atom is -0.352 e. The van der Waals surface area contributed by atoms with Crippen LogP contribution < -0.4 is 5.32 Å². The van der Waals surface area contributed by atoms with Gasteiger partial charge in [0, 0.05) is 29.1 Å². The molecule has 1 aliphatic rings. The van der Waals surface area contributed by atoms with E-state index in [1.54, 1.807) is 0 Å². The highest BCUT2D eigenvalue weighted by molar-refractivity contribution is 9.10. The van der Waals surface area contributed by atoms with Crippen LogP contribution in [-0.2, 0) is 17.9 Å². The molecule has 2 aromatic rings. The Morgan fingerprint density at radius 3 is 2.76 bits per heavy atom. The third-order valence-electron chi connectivity index (χ3n) is 4.55. The Labute approximate surface area is 162 Å². The first-order valence-corrected chi connectivity index (χ1v) is 9.76. The highest BCUT2D eigenvalue weighted by atomic mass is 79.9. The van der Waals surface area contributed by atoms with Gasteiger partial charge in [0.2, 0.25) is 5.91 Å². The Hall–Kier alpha value is -1.36. The number of carbonyl (C=O) groups is 1. The molecule has 0 bridgehead atoms. The van der Waals surface area contributed by atoms with E-state index in [0.29, 0.717) is 11.6 Å². The molecule has 0 aromatic heterocycles. The monoisotopic (exact) mass is 420 g/mol. The van der Waals surface area contributed by atoms with Crippen molar-refractivity contribution in [1.29, 1.82) is 0 Å². The standard InChI is InChI=1S/C20H22BrClN2O/c21-18-5-1-3-16(11-18)13-24-10-2-4-17(14-24)20(25)23-12-15-6-8-19(22)9-7-15/h1,3,5-9,11,17H,2,4,10,12-14H2,(H,23,25). The lowest BCUT2D eigenvalue weighted by atomic mass is 9.96. The Balaban J connectivity index is 1.51. The van der Waals surface area contributed by atoms with E-state index in [2.05, 4.69) is 44.3 Å². The number of likely N-dealkylation sites (tertiary alicyclic amines) is 1. The summed E-state index contributed by atoms with van der Waals surface area (Å²) in [6.45, 7) is 3.31. The molecule has 1 N–H and O–H groups in total. The molecule has 5 heteroatoms. The van der Waals surface area contributed by atoms with Gasteiger partial charge in [-0.3, -0.25) is 9.69 Å². The second kappa shape index (κ2) is 8.84. The van der Waals surface area contributed by atoms with Gasteiger partial charge in [-0.05, 0) is 54.8 Å². The van der Waals surface area contributed by atoms with Crippen LogP contribution in [0.3, 0.4) is 0 Å². The number of nitrogens with one attached hydrogen (secondary N) is 1. The first-order chi connectivity index (χ1) is 12.1. The zero-order valence-corrected chi connectivity index (χ0v) is 16.4. The normalized spacial score (nSPS) is 18.1. The molecule has 3 nitrogen and oxygen atoms in total. The van der Waals surface area contributed by atoms with Gasteiger partial charge < -0.3 is 5.32 Å². The van der Waals surface area contributed by atoms with Crippen LogP contribution in [0.5, 0.6) is 0 Å². The van der Waals surface area contributed by atoms with Crippen molar-refractivity contribution in [1.82, 2.24) is 10.2 Å². The Morgan fingerprint density at radius 2 is 2.00 bits per heavy atom. The van der Waals surface area contributed by atoms with E-state index >= 15 is 0 Å². The number of rotatable bonds is 5. The number of hydrogen-bond acceptors (Lipinski definition) is 2. The van der Waals surface area contributed by atoms with Gasteiger partial charge in [-0.1, -0.05) is 51.8 Å². The molecule has 1 aliphatic heterocycles. The van der Waals surface area contributed by atoms with Crippen molar-refractivity contribution < 1.29 is 4.79 Å². The van der Waals surface area contributed by atoms with Crippen LogP contribution in [0.4, 0.5) is 0 Å². The fourth-order valence-electron chi connectivity index (χ4n) is 3.24. The van der Waals surface area contributed by atoms with E-state index < -0.39 is 0 Å². The highest BCUT2D eigenvalue weighted by Crippen LogP contribution is 2.20. The third kappa shape index (κ3) is 5.56. The van der Waals surface area contributed by atoms with Crippen molar-refractivity contribution in [3.8, 4) is 0 Å². The summed E-state index contributed by atoms with van der Waals surface area (Å²) in [5.74, 6) is 0.210. The first-order valence-electron chi connectivity index (χ1n) is 8.59. The van der Waals surface area contributed by atoms with Crippen molar-refractivity contribution in [3.63, 3.8) is 0 Å². The fraction of sp³-hybridized carbons (Fsp3) is 0.350. The third-order valence-corrected chi connectivity index (χ3v) is 5.30. The lowest BCUT2D eigenvalue weighted by molar-refractivity contribution is -0.126. The van der Waals surface area contributed by atoms with Crippen LogP contribution in [0.25, 0.3) is 0 Å². The van der Waals surface area contributed by atoms with Crippen LogP contribution in [0.15, 0.2) is 53.0 Å². The van der Waals surface area contributed by atoms with Gasteiger partial charge in [0.15, 0.2) is 0 Å². The molecular weight excluding hydrogens is 400 g/mol. The second-order valence-electron chi connectivity index (χ2n) is 6.55. The predicted octanol–water partition coefficient (Wildman–Crippen LogP) is 4.63. The maximum absolute atomic E-state index is 12.5. The average molecular weight is 422 g/mol. The summed E-state index contributed by atoms with van der Waals surface area (Å²) >= 11 is 9.41. The van der Waals surface area contributed by atoms with Crippen molar-refractivity contribution in [2.45, 2.75) is 25.9 Å². The van der Waals surface area contributed by atoms with Gasteiger partial charge in [-0.15, -0.1) is 0 Å². The van der Waals surface area contributed by atoms with Gasteiger partial charge in [0.1, 0.15) is 0 Å². The van der Waals surface area contributed by atoms with E-state index in [4.69, 9.17) is 11.6 Å². The summed E-state index contributed by atoms with van der Waals surface area (Å²) in [4.78, 5) is 14.9. The molecule has 1 fully saturated rings. The molecule has 0 aliphatic carbocycles. The molecule has 25 heavy (non-hydrogen) atoms. The molecular formula is C20H22BrClN2O. The van der Waals surface area contributed by atoms with Crippen molar-refractivity contribution in [3.05, 3.63) is 69.2 Å². The van der Waals surface area contributed by atoms with Crippen LogP contribution >= 0.6 is 27.5 Å². The molecule has 1 heterocycles. The van der Waals surface area contributed by atoms with Gasteiger partial charge in [-0.2, -0.15) is 0 Å². The topological polar surface area (TPSA) is 32.3 Å². The highest BCUT2D eigenvalue weighted by Gasteiger charge is 2.25. The van der Waals surface area contributed by atoms with E-state index in [1.807, 2.05) is 30.3 Å². The Bertz CT molecular complexity index is 720. The SMILES string of the molecule is O=C(NCc1ccc(Cl)cc1)C1CCCN(Cc2cccc(Br)c2)C1. The number of amides is 1. The number of carbonyl (C=O) groups excluding carboxylic acids is 1. The molecule has 1 amide bonds. The summed E-state index contributed by atoms with van der Waals surface area (Å²) in [6, 6.07) is 16.0. The molecule has 1 saturated heterocycles. The van der Waals surface area contributed by atoms with E-state index in [-0.39, 0.29) is 11.8 Å². The molecule has 0 radical (unpaired) electrons. The van der Waals surface area contributed by atoms with E-state index in [1.165, 1.54) is 5.56 Å². The molecule has 1 atom stereocenters. The summed E-state index contributed by atoms with van der Waals surface area (Å²) in [5.41, 5.74) is 2.34. The number of hydrogen-bond donors (Lipinski definition) is 1. The minimum atomic E-state index is 0.0632. The zero-order chi connectivity index (χ0) is 17.6. The van der Waals surface area contributed by atoms with Gasteiger partial charge in [0.05, 0.1) is 5.92 Å². The molecule has 1 unspecified atom stereocenters. The van der Waals surface area contributed by atoms with E-state index in [0.717, 1.165) is 42.5 Å². The van der Waals surface area contributed by atoms with Crippen molar-refractivity contribution in [2.24, 2.45) is 5.92 Å². The molecule has 2 aromatic carbocycles. The summed E-state index contributed by atoms with van der Waals surface area (Å²) < 4.78 is 1.10. The lowest BCUT2D eigenvalue weighted by Crippen LogP contribution is -2.42. The average Bonchev–Trinajstić information content (AvgIpc) is 2.61. The maximum Gasteiger partial charge on any atom is 0.224 e. The van der Waals surface area contributed by atoms with Crippen LogP contribution in [0.2, 0.25) is 5.02 Å². The number of piperidine rings is 1. The summed E-state index contributed by atoms with van der Waals surface area (Å²) in [5, 5.41) is 3.78. The number of halogens is 2. The number of nitrogens with zero attached hydrogens (tertiary/aromatic N) is 1. The molecule has 132 valence electrons. The van der Waals surface area contributed by atoms with Gasteiger partial charge in [0.25, 0.3) is 0 Å². The minimum absolute atomic E-state index is 0.0632. The molecule has 0 spiro atoms. The van der Waals surface area contributed by atoms with Crippen molar-refractivity contribution in [2.75, 3.05) is 13.1 Å². The van der Waals surface area contributed by atoms with Crippen LogP contribution in [0.1, 0.15) is 24.0 Å². The van der Waals surface area contributed by atoms with Gasteiger partial charge in [-0.25, -0.2) is 0 Å². The van der Waals surface area contributed by atoms with Crippen molar-refractivity contribution >= 4 is 33.4 Å². The van der Waals surface area contributed by atoms with Crippen LogP contribution in [-0.4, -0.2) is 23.9 Å². The lowest BCUT2D eigenvalue weighted by Gasteiger charge is -2.32. The maximum atomic E-state index is 12.5. The van der Waals surface area contributed by atoms with E-state index in [9.17, 15) is 4.79 Å². The predicted molar refractivity (Wildman–Crippen MR) is 105 cm³/mol. The zero-order valence-electron chi connectivity index (χ0n) is 14.1. The second-order valence-corrected chi connectivity index (χ2v) is 7.90. The quantitative estimate of drug-likeness (QED) is 0.763. The first kappa shape index (κ1) is 18.4. The molecule has 0 saturated carbocycles. The fourth-order valence-corrected chi connectivity index (χ4v) is 3.82. The smallest absolute Gasteiger partial charge is 0.224 e. The number of benzene rings is 2. The Kier molecular flexibility index (Phi) is 6.51. The molecule has 3 rings (SSSR count). The largest absolute Gasteiger partial charge is 0.352 e.